The van der Waals surface area contributed by atoms with Gasteiger partial charge in [-0.2, -0.15) is 0 Å². The Hall–Kier alpha value is -1.93. The third-order valence-corrected chi connectivity index (χ3v) is 7.72. The van der Waals surface area contributed by atoms with E-state index >= 15 is 0 Å². The molecule has 0 bridgehead atoms. The van der Waals surface area contributed by atoms with Gasteiger partial charge in [-0.1, -0.05) is 46.6 Å². The fourth-order valence-electron chi connectivity index (χ4n) is 2.95. The summed E-state index contributed by atoms with van der Waals surface area (Å²) in [5, 5.41) is 4.73. The quantitative estimate of drug-likeness (QED) is 0.309. The number of rotatable bonds is 5. The summed E-state index contributed by atoms with van der Waals surface area (Å²) in [7, 11) is 1.60. The molecular formula is C21H16BrClN2O2S2. The monoisotopic (exact) mass is 506 g/mol. The number of aromatic nitrogens is 1. The molecule has 29 heavy (non-hydrogen) atoms. The number of halogens is 2. The fraction of sp³-hybridized carbons (Fsp3) is 0.143. The summed E-state index contributed by atoms with van der Waals surface area (Å²) in [6.07, 6.45) is 0.836. The highest BCUT2D eigenvalue weighted by Crippen LogP contribution is 2.38. The van der Waals surface area contributed by atoms with E-state index in [4.69, 9.17) is 16.3 Å². The minimum atomic E-state index is -0.256. The van der Waals surface area contributed by atoms with Gasteiger partial charge in [-0.3, -0.25) is 10.1 Å². The van der Waals surface area contributed by atoms with Crippen molar-refractivity contribution in [1.29, 1.82) is 0 Å². The lowest BCUT2D eigenvalue weighted by atomic mass is 10.1. The molecule has 2 aromatic heterocycles. The van der Waals surface area contributed by atoms with Gasteiger partial charge in [-0.15, -0.1) is 22.7 Å². The Morgan fingerprint density at radius 1 is 1.21 bits per heavy atom. The van der Waals surface area contributed by atoms with Crippen LogP contribution in [0.5, 0.6) is 5.75 Å². The fourth-order valence-corrected chi connectivity index (χ4v) is 5.52. The molecule has 4 nitrogen and oxygen atoms in total. The van der Waals surface area contributed by atoms with Gasteiger partial charge in [0.1, 0.15) is 10.6 Å². The van der Waals surface area contributed by atoms with Gasteiger partial charge >= 0.3 is 0 Å². The van der Waals surface area contributed by atoms with Crippen LogP contribution in [0.15, 0.2) is 46.9 Å². The molecule has 0 fully saturated rings. The molecule has 1 N–H and O–H groups in total. The molecule has 4 rings (SSSR count). The Balaban J connectivity index is 1.64. The summed E-state index contributed by atoms with van der Waals surface area (Å²) < 4.78 is 7.20. The molecule has 0 saturated carbocycles. The first kappa shape index (κ1) is 20.3. The van der Waals surface area contributed by atoms with Crippen molar-refractivity contribution in [2.24, 2.45) is 0 Å². The van der Waals surface area contributed by atoms with Crippen LogP contribution in [0.1, 0.15) is 21.5 Å². The van der Waals surface area contributed by atoms with Crippen LogP contribution in [0.3, 0.4) is 0 Å². The minimum Gasteiger partial charge on any atom is -0.497 e. The third kappa shape index (κ3) is 4.05. The molecule has 0 aliphatic carbocycles. The highest BCUT2D eigenvalue weighted by atomic mass is 79.9. The van der Waals surface area contributed by atoms with Gasteiger partial charge in [0.25, 0.3) is 5.91 Å². The molecule has 2 aromatic carbocycles. The van der Waals surface area contributed by atoms with Gasteiger partial charge < -0.3 is 4.74 Å². The van der Waals surface area contributed by atoms with Crippen LogP contribution < -0.4 is 10.1 Å². The Morgan fingerprint density at radius 3 is 2.66 bits per heavy atom. The van der Waals surface area contributed by atoms with Gasteiger partial charge in [0, 0.05) is 25.0 Å². The first-order valence-electron chi connectivity index (χ1n) is 8.83. The zero-order chi connectivity index (χ0) is 20.5. The molecule has 148 valence electrons. The number of hydrogen-bond donors (Lipinski definition) is 1. The van der Waals surface area contributed by atoms with Crippen molar-refractivity contribution in [2.75, 3.05) is 12.4 Å². The number of methoxy groups -OCH3 is 1. The van der Waals surface area contributed by atoms with Gasteiger partial charge in [0.05, 0.1) is 17.8 Å². The molecular weight excluding hydrogens is 492 g/mol. The Morgan fingerprint density at radius 2 is 1.97 bits per heavy atom. The van der Waals surface area contributed by atoms with Crippen LogP contribution in [0, 0.1) is 0 Å². The van der Waals surface area contributed by atoms with E-state index in [-0.39, 0.29) is 5.91 Å². The predicted octanol–water partition coefficient (Wildman–Crippen LogP) is 7.26. The number of amides is 1. The van der Waals surface area contributed by atoms with Crippen molar-refractivity contribution in [1.82, 2.24) is 4.98 Å². The van der Waals surface area contributed by atoms with Crippen LogP contribution >= 0.6 is 50.2 Å². The lowest BCUT2D eigenvalue weighted by Crippen LogP contribution is -2.10. The van der Waals surface area contributed by atoms with E-state index in [0.29, 0.717) is 20.8 Å². The summed E-state index contributed by atoms with van der Waals surface area (Å²) in [5.74, 6) is 0.449. The first-order valence-corrected chi connectivity index (χ1v) is 11.6. The van der Waals surface area contributed by atoms with Crippen LogP contribution in [-0.4, -0.2) is 18.0 Å². The molecule has 0 unspecified atom stereocenters. The van der Waals surface area contributed by atoms with Gasteiger partial charge in [0.2, 0.25) is 0 Å². The zero-order valence-electron chi connectivity index (χ0n) is 15.6. The average molecular weight is 508 g/mol. The SMILES string of the molecule is CCc1sc(NC(=O)c2sc3ccc(OC)cc3c2Cl)nc1-c1ccc(Br)cc1. The minimum absolute atomic E-state index is 0.256. The van der Waals surface area contributed by atoms with Crippen LogP contribution in [0.25, 0.3) is 21.3 Å². The number of carbonyl (C=O) groups excluding carboxylic acids is 1. The number of benzene rings is 2. The van der Waals surface area contributed by atoms with Gasteiger partial charge in [-0.05, 0) is 36.8 Å². The largest absolute Gasteiger partial charge is 0.497 e. The van der Waals surface area contributed by atoms with Gasteiger partial charge in [0.15, 0.2) is 5.13 Å². The maximum Gasteiger partial charge on any atom is 0.269 e. The van der Waals surface area contributed by atoms with E-state index in [0.717, 1.165) is 37.1 Å². The normalized spacial score (nSPS) is 11.0. The van der Waals surface area contributed by atoms with E-state index < -0.39 is 0 Å². The number of aryl methyl sites for hydroxylation is 1. The Bertz CT molecular complexity index is 1200. The molecule has 4 aromatic rings. The summed E-state index contributed by atoms with van der Waals surface area (Å²) in [6, 6.07) is 13.6. The Labute approximate surface area is 189 Å². The van der Waals surface area contributed by atoms with Crippen LogP contribution in [0.4, 0.5) is 5.13 Å². The highest BCUT2D eigenvalue weighted by molar-refractivity contribution is 9.10. The van der Waals surface area contributed by atoms with Crippen molar-refractivity contribution in [3.63, 3.8) is 0 Å². The molecule has 0 saturated heterocycles. The lowest BCUT2D eigenvalue weighted by Gasteiger charge is -2.01. The second-order valence-corrected chi connectivity index (χ2v) is 9.64. The lowest BCUT2D eigenvalue weighted by molar-refractivity contribution is 0.103. The van der Waals surface area contributed by atoms with E-state index in [1.165, 1.54) is 22.7 Å². The molecule has 1 amide bonds. The second kappa shape index (κ2) is 8.44. The number of anilines is 1. The van der Waals surface area contributed by atoms with E-state index in [9.17, 15) is 4.79 Å². The first-order chi connectivity index (χ1) is 14.0. The number of ether oxygens (including phenoxy) is 1. The Kier molecular flexibility index (Phi) is 5.92. The van der Waals surface area contributed by atoms with Crippen molar-refractivity contribution in [3.05, 3.63) is 61.7 Å². The molecule has 0 atom stereocenters. The van der Waals surface area contributed by atoms with Crippen molar-refractivity contribution in [2.45, 2.75) is 13.3 Å². The molecule has 2 heterocycles. The number of carbonyl (C=O) groups is 1. The van der Waals surface area contributed by atoms with E-state index in [1.54, 1.807) is 7.11 Å². The number of nitrogens with one attached hydrogen (secondary N) is 1. The highest BCUT2D eigenvalue weighted by Gasteiger charge is 2.20. The smallest absolute Gasteiger partial charge is 0.269 e. The maximum absolute atomic E-state index is 12.9. The second-order valence-electron chi connectivity index (χ2n) is 6.21. The van der Waals surface area contributed by atoms with Crippen molar-refractivity contribution < 1.29 is 9.53 Å². The van der Waals surface area contributed by atoms with Crippen molar-refractivity contribution in [3.8, 4) is 17.0 Å². The number of nitrogens with zero attached hydrogens (tertiary/aromatic N) is 1. The number of hydrogen-bond acceptors (Lipinski definition) is 5. The van der Waals surface area contributed by atoms with Crippen LogP contribution in [-0.2, 0) is 6.42 Å². The summed E-state index contributed by atoms with van der Waals surface area (Å²) >= 11 is 12.8. The number of thiazole rings is 1. The number of thiophene rings is 1. The van der Waals surface area contributed by atoms with Gasteiger partial charge in [-0.25, -0.2) is 4.98 Å². The number of fused-ring (bicyclic) bond motifs is 1. The van der Waals surface area contributed by atoms with Crippen LogP contribution in [0.2, 0.25) is 5.02 Å². The molecule has 8 heteroatoms. The molecule has 0 spiro atoms. The standard InChI is InChI=1S/C21H16BrClN2O2S2/c1-3-15-18(11-4-6-12(22)7-5-11)24-21(29-15)25-20(26)19-17(23)14-10-13(27-2)8-9-16(14)28-19/h4-10H,3H2,1-2H3,(H,24,25,26). The third-order valence-electron chi connectivity index (χ3n) is 4.40. The molecule has 0 aliphatic rings. The van der Waals surface area contributed by atoms with E-state index in [2.05, 4.69) is 33.2 Å². The average Bonchev–Trinajstić information content (AvgIpc) is 3.29. The summed E-state index contributed by atoms with van der Waals surface area (Å²) in [5.41, 5.74) is 1.92. The predicted molar refractivity (Wildman–Crippen MR) is 126 cm³/mol. The molecule has 0 aliphatic heterocycles. The van der Waals surface area contributed by atoms with Crippen molar-refractivity contribution >= 4 is 71.3 Å². The van der Waals surface area contributed by atoms with E-state index in [1.807, 2.05) is 42.5 Å². The molecule has 0 radical (unpaired) electrons. The zero-order valence-corrected chi connectivity index (χ0v) is 19.6. The topological polar surface area (TPSA) is 51.2 Å². The summed E-state index contributed by atoms with van der Waals surface area (Å²) in [4.78, 5) is 19.1. The summed E-state index contributed by atoms with van der Waals surface area (Å²) in [6.45, 7) is 2.08. The maximum atomic E-state index is 12.9.